The number of Topliss-reactive ketones (excluding diaryl/α,β-unsaturated/α-hetero) is 1. The van der Waals surface area contributed by atoms with E-state index in [1.165, 1.54) is 11.8 Å². The van der Waals surface area contributed by atoms with E-state index in [-0.39, 0.29) is 5.78 Å². The molecular formula is C16H11ClO2S. The topological polar surface area (TPSA) is 30.2 Å². The Kier molecular flexibility index (Phi) is 3.81. The van der Waals surface area contributed by atoms with Crippen LogP contribution in [0.1, 0.15) is 10.6 Å². The molecule has 0 amide bonds. The van der Waals surface area contributed by atoms with E-state index in [1.807, 2.05) is 48.5 Å². The molecule has 0 fully saturated rings. The Balaban J connectivity index is 1.73. The second-order valence-corrected chi connectivity index (χ2v) is 5.80. The molecule has 100 valence electrons. The van der Waals surface area contributed by atoms with E-state index < -0.39 is 0 Å². The van der Waals surface area contributed by atoms with Crippen molar-refractivity contribution in [3.8, 4) is 0 Å². The zero-order valence-corrected chi connectivity index (χ0v) is 12.1. The number of carbonyl (C=O) groups is 1. The fourth-order valence-corrected chi connectivity index (χ4v) is 2.98. The SMILES string of the molecule is O=C(CSc1cccc(Cl)c1)c1cc2ccccc2o1. The summed E-state index contributed by atoms with van der Waals surface area (Å²) in [6.45, 7) is 0. The zero-order valence-electron chi connectivity index (χ0n) is 10.5. The quantitative estimate of drug-likeness (QED) is 0.498. The standard InChI is InChI=1S/C16H11ClO2S/c17-12-5-3-6-13(9-12)20-10-14(18)16-8-11-4-1-2-7-15(11)19-16/h1-9H,10H2. The maximum atomic E-state index is 12.1. The van der Waals surface area contributed by atoms with E-state index in [0.717, 1.165) is 15.9 Å². The van der Waals surface area contributed by atoms with Crippen LogP contribution in [0.15, 0.2) is 63.9 Å². The lowest BCUT2D eigenvalue weighted by Gasteiger charge is -2.00. The van der Waals surface area contributed by atoms with Crippen LogP contribution >= 0.6 is 23.4 Å². The third-order valence-corrected chi connectivity index (χ3v) is 4.10. The minimum absolute atomic E-state index is 0.0221. The predicted octanol–water partition coefficient (Wildman–Crippen LogP) is 5.06. The number of furan rings is 1. The maximum absolute atomic E-state index is 12.1. The number of hydrogen-bond acceptors (Lipinski definition) is 3. The molecule has 0 radical (unpaired) electrons. The van der Waals surface area contributed by atoms with Gasteiger partial charge in [-0.25, -0.2) is 0 Å². The Bertz CT molecular complexity index is 731. The minimum atomic E-state index is -0.0221. The molecule has 2 nitrogen and oxygen atoms in total. The summed E-state index contributed by atoms with van der Waals surface area (Å²) in [5.74, 6) is 0.715. The van der Waals surface area contributed by atoms with Crippen LogP contribution in [0, 0.1) is 0 Å². The molecule has 0 N–H and O–H groups in total. The van der Waals surface area contributed by atoms with Crippen molar-refractivity contribution in [3.63, 3.8) is 0 Å². The average molecular weight is 303 g/mol. The molecule has 0 bridgehead atoms. The second kappa shape index (κ2) is 5.73. The number of ketones is 1. The summed E-state index contributed by atoms with van der Waals surface area (Å²) in [5, 5.41) is 1.62. The highest BCUT2D eigenvalue weighted by Gasteiger charge is 2.12. The zero-order chi connectivity index (χ0) is 13.9. The Morgan fingerprint density at radius 2 is 1.95 bits per heavy atom. The van der Waals surface area contributed by atoms with Gasteiger partial charge in [-0.3, -0.25) is 4.79 Å². The molecule has 0 aliphatic carbocycles. The fraction of sp³-hybridized carbons (Fsp3) is 0.0625. The van der Waals surface area contributed by atoms with Gasteiger partial charge < -0.3 is 4.42 Å². The summed E-state index contributed by atoms with van der Waals surface area (Å²) in [4.78, 5) is 13.1. The summed E-state index contributed by atoms with van der Waals surface area (Å²) in [7, 11) is 0. The Morgan fingerprint density at radius 3 is 2.75 bits per heavy atom. The molecule has 0 aliphatic rings. The van der Waals surface area contributed by atoms with Crippen molar-refractivity contribution in [2.75, 3.05) is 5.75 Å². The first-order valence-electron chi connectivity index (χ1n) is 6.12. The largest absolute Gasteiger partial charge is 0.453 e. The number of hydrogen-bond donors (Lipinski definition) is 0. The van der Waals surface area contributed by atoms with Gasteiger partial charge in [-0.05, 0) is 30.3 Å². The number of rotatable bonds is 4. The van der Waals surface area contributed by atoms with Crippen LogP contribution in [0.25, 0.3) is 11.0 Å². The maximum Gasteiger partial charge on any atom is 0.208 e. The van der Waals surface area contributed by atoms with Crippen LogP contribution in [0.2, 0.25) is 5.02 Å². The van der Waals surface area contributed by atoms with Crippen LogP contribution in [-0.2, 0) is 0 Å². The van der Waals surface area contributed by atoms with Crippen molar-refractivity contribution in [2.45, 2.75) is 4.90 Å². The van der Waals surface area contributed by atoms with Crippen molar-refractivity contribution >= 4 is 40.1 Å². The van der Waals surface area contributed by atoms with Crippen molar-refractivity contribution in [1.29, 1.82) is 0 Å². The Morgan fingerprint density at radius 1 is 1.10 bits per heavy atom. The van der Waals surface area contributed by atoms with Gasteiger partial charge in [-0.1, -0.05) is 35.9 Å². The lowest BCUT2D eigenvalue weighted by atomic mass is 10.2. The summed E-state index contributed by atoms with van der Waals surface area (Å²) in [5.41, 5.74) is 0.739. The van der Waals surface area contributed by atoms with Crippen LogP contribution in [0.3, 0.4) is 0 Å². The number of thioether (sulfide) groups is 1. The molecule has 4 heteroatoms. The summed E-state index contributed by atoms with van der Waals surface area (Å²) >= 11 is 7.37. The second-order valence-electron chi connectivity index (χ2n) is 4.32. The third-order valence-electron chi connectivity index (χ3n) is 2.87. The summed E-state index contributed by atoms with van der Waals surface area (Å²) in [6, 6.07) is 16.9. The molecular weight excluding hydrogens is 292 g/mol. The molecule has 0 saturated carbocycles. The van der Waals surface area contributed by atoms with E-state index >= 15 is 0 Å². The van der Waals surface area contributed by atoms with Crippen molar-refractivity contribution in [2.24, 2.45) is 0 Å². The van der Waals surface area contributed by atoms with Crippen LogP contribution in [0.4, 0.5) is 0 Å². The average Bonchev–Trinajstić information content (AvgIpc) is 2.89. The highest BCUT2D eigenvalue weighted by Crippen LogP contribution is 2.24. The minimum Gasteiger partial charge on any atom is -0.453 e. The van der Waals surface area contributed by atoms with Gasteiger partial charge >= 0.3 is 0 Å². The molecule has 3 rings (SSSR count). The van der Waals surface area contributed by atoms with Crippen molar-refractivity contribution in [1.82, 2.24) is 0 Å². The van der Waals surface area contributed by atoms with Crippen LogP contribution in [0.5, 0.6) is 0 Å². The lowest BCUT2D eigenvalue weighted by Crippen LogP contribution is -2.00. The Labute approximate surface area is 125 Å². The monoisotopic (exact) mass is 302 g/mol. The molecule has 1 heterocycles. The molecule has 3 aromatic rings. The Hall–Kier alpha value is -1.71. The van der Waals surface area contributed by atoms with Crippen molar-refractivity contribution < 1.29 is 9.21 Å². The van der Waals surface area contributed by atoms with Gasteiger partial charge in [-0.2, -0.15) is 0 Å². The molecule has 2 aromatic carbocycles. The van der Waals surface area contributed by atoms with Crippen LogP contribution in [-0.4, -0.2) is 11.5 Å². The smallest absolute Gasteiger partial charge is 0.208 e. The number of benzene rings is 2. The first-order valence-corrected chi connectivity index (χ1v) is 7.49. The third kappa shape index (κ3) is 2.89. The molecule has 20 heavy (non-hydrogen) atoms. The first-order chi connectivity index (χ1) is 9.72. The van der Waals surface area contributed by atoms with Gasteiger partial charge in [0.2, 0.25) is 5.78 Å². The summed E-state index contributed by atoms with van der Waals surface area (Å²) in [6.07, 6.45) is 0. The highest BCUT2D eigenvalue weighted by atomic mass is 35.5. The van der Waals surface area contributed by atoms with Crippen molar-refractivity contribution in [3.05, 3.63) is 65.4 Å². The van der Waals surface area contributed by atoms with Crippen LogP contribution < -0.4 is 0 Å². The van der Waals surface area contributed by atoms with E-state index in [0.29, 0.717) is 16.5 Å². The van der Waals surface area contributed by atoms with E-state index in [9.17, 15) is 4.79 Å². The molecule has 0 unspecified atom stereocenters. The number of fused-ring (bicyclic) bond motifs is 1. The summed E-state index contributed by atoms with van der Waals surface area (Å²) < 4.78 is 5.55. The number of carbonyl (C=O) groups excluding carboxylic acids is 1. The van der Waals surface area contributed by atoms with Gasteiger partial charge in [0.25, 0.3) is 0 Å². The molecule has 1 aromatic heterocycles. The number of para-hydroxylation sites is 1. The predicted molar refractivity (Wildman–Crippen MR) is 82.7 cm³/mol. The lowest BCUT2D eigenvalue weighted by molar-refractivity contribution is 0.0994. The number of halogens is 1. The van der Waals surface area contributed by atoms with Gasteiger partial charge in [0, 0.05) is 15.3 Å². The van der Waals surface area contributed by atoms with E-state index in [2.05, 4.69) is 0 Å². The normalized spacial score (nSPS) is 10.8. The van der Waals surface area contributed by atoms with Gasteiger partial charge in [0.1, 0.15) is 5.58 Å². The first kappa shape index (κ1) is 13.3. The van der Waals surface area contributed by atoms with E-state index in [1.54, 1.807) is 6.07 Å². The molecule has 0 aliphatic heterocycles. The van der Waals surface area contributed by atoms with Gasteiger partial charge in [0.05, 0.1) is 5.75 Å². The van der Waals surface area contributed by atoms with Gasteiger partial charge in [0.15, 0.2) is 5.76 Å². The molecule has 0 saturated heterocycles. The fourth-order valence-electron chi connectivity index (χ4n) is 1.90. The van der Waals surface area contributed by atoms with Gasteiger partial charge in [-0.15, -0.1) is 11.8 Å². The van der Waals surface area contributed by atoms with E-state index in [4.69, 9.17) is 16.0 Å². The molecule has 0 spiro atoms. The molecule has 0 atom stereocenters. The highest BCUT2D eigenvalue weighted by molar-refractivity contribution is 8.00.